The first kappa shape index (κ1) is 24.2. The third-order valence-corrected chi connectivity index (χ3v) is 9.42. The first-order valence-corrected chi connectivity index (χ1v) is 12.4. The summed E-state index contributed by atoms with van der Waals surface area (Å²) in [6.07, 6.45) is -1.61. The number of aliphatic carboxylic acids is 1. The summed E-state index contributed by atoms with van der Waals surface area (Å²) < 4.78 is 11.8. The summed E-state index contributed by atoms with van der Waals surface area (Å²) in [6.45, 7) is 17.5. The second-order valence-corrected chi connectivity index (χ2v) is 14.4. The van der Waals surface area contributed by atoms with Gasteiger partial charge in [0, 0.05) is 0 Å². The van der Waals surface area contributed by atoms with Crippen LogP contribution in [0, 0.1) is 6.92 Å². The summed E-state index contributed by atoms with van der Waals surface area (Å²) in [7, 11) is -2.34. The molecule has 0 aliphatic heterocycles. The lowest BCUT2D eigenvalue weighted by atomic mass is 9.98. The number of ether oxygens (including phenoxy) is 1. The van der Waals surface area contributed by atoms with Gasteiger partial charge in [0.05, 0.1) is 0 Å². The highest BCUT2D eigenvalue weighted by atomic mass is 28.4. The maximum absolute atomic E-state index is 12.3. The van der Waals surface area contributed by atoms with Gasteiger partial charge in [0.1, 0.15) is 11.7 Å². The largest absolute Gasteiger partial charge is 0.480 e. The number of carbonyl (C=O) groups excluding carboxylic acids is 1. The fourth-order valence-corrected chi connectivity index (χ4v) is 3.66. The van der Waals surface area contributed by atoms with Gasteiger partial charge in [-0.25, -0.2) is 9.59 Å². The number of carboxylic acids is 1. The molecule has 0 heterocycles. The summed E-state index contributed by atoms with van der Waals surface area (Å²) in [6, 6.07) is 6.21. The van der Waals surface area contributed by atoms with Gasteiger partial charge in [-0.05, 0) is 57.0 Å². The second kappa shape index (κ2) is 8.65. The molecule has 28 heavy (non-hydrogen) atoms. The van der Waals surface area contributed by atoms with Gasteiger partial charge in [-0.1, -0.05) is 45.0 Å². The zero-order chi connectivity index (χ0) is 21.9. The topological polar surface area (TPSA) is 84.9 Å². The van der Waals surface area contributed by atoms with Crippen molar-refractivity contribution in [2.24, 2.45) is 0 Å². The summed E-state index contributed by atoms with van der Waals surface area (Å²) in [4.78, 5) is 24.4. The number of alkyl carbamates (subject to hydrolysis) is 1. The highest BCUT2D eigenvalue weighted by Gasteiger charge is 2.43. The van der Waals surface area contributed by atoms with E-state index in [1.807, 2.05) is 31.2 Å². The van der Waals surface area contributed by atoms with E-state index in [1.165, 1.54) is 0 Å². The minimum absolute atomic E-state index is 0.122. The molecule has 0 saturated heterocycles. The Hall–Kier alpha value is -1.86. The van der Waals surface area contributed by atoms with E-state index in [4.69, 9.17) is 9.16 Å². The monoisotopic (exact) mass is 409 g/mol. The zero-order valence-corrected chi connectivity index (χ0v) is 19.5. The fourth-order valence-electron chi connectivity index (χ4n) is 2.41. The Morgan fingerprint density at radius 1 is 1.07 bits per heavy atom. The third kappa shape index (κ3) is 6.63. The van der Waals surface area contributed by atoms with Gasteiger partial charge in [0.2, 0.25) is 0 Å². The number of hydrogen-bond donors (Lipinski definition) is 2. The van der Waals surface area contributed by atoms with Crippen LogP contribution in [0.3, 0.4) is 0 Å². The van der Waals surface area contributed by atoms with Gasteiger partial charge in [0.15, 0.2) is 14.4 Å². The van der Waals surface area contributed by atoms with Crippen molar-refractivity contribution in [3.05, 3.63) is 35.4 Å². The summed E-state index contributed by atoms with van der Waals surface area (Å²) >= 11 is 0. The van der Waals surface area contributed by atoms with Gasteiger partial charge >= 0.3 is 12.1 Å². The second-order valence-electron chi connectivity index (χ2n) is 9.62. The summed E-state index contributed by atoms with van der Waals surface area (Å²) in [5.41, 5.74) is 0.921. The van der Waals surface area contributed by atoms with Crippen molar-refractivity contribution in [3.8, 4) is 0 Å². The number of rotatable bonds is 6. The first-order valence-electron chi connectivity index (χ1n) is 9.51. The molecule has 6 nitrogen and oxygen atoms in total. The fraction of sp³-hybridized carbons (Fsp3) is 0.619. The normalized spacial score (nSPS) is 14.9. The number of aryl methyl sites for hydroxylation is 1. The Morgan fingerprint density at radius 3 is 2.04 bits per heavy atom. The molecule has 0 spiro atoms. The van der Waals surface area contributed by atoms with Crippen molar-refractivity contribution >= 4 is 20.4 Å². The Labute approximate surface area is 169 Å². The lowest BCUT2D eigenvalue weighted by Gasteiger charge is -2.41. The molecular formula is C21H35NO5Si. The molecule has 158 valence electrons. The molecule has 7 heteroatoms. The Kier molecular flexibility index (Phi) is 7.47. The Balaban J connectivity index is 3.36. The molecule has 0 aliphatic rings. The number of amides is 1. The minimum atomic E-state index is -2.34. The average Bonchev–Trinajstić information content (AvgIpc) is 2.48. The van der Waals surface area contributed by atoms with E-state index in [0.29, 0.717) is 0 Å². The SMILES string of the molecule is Cc1ccccc1C(O[Si](C)(C)C(C)(C)C)C(NC(=O)OC(C)(C)C)C(=O)O. The standard InChI is InChI=1S/C21H35NO5Si/c1-14-12-10-11-13-15(14)17(27-28(8,9)21(5,6)7)16(18(23)24)22-19(25)26-20(2,3)4/h10-13,16-17H,1-9H3,(H,22,25)(H,23,24). The average molecular weight is 410 g/mol. The van der Waals surface area contributed by atoms with Gasteiger partial charge < -0.3 is 19.6 Å². The summed E-state index contributed by atoms with van der Waals surface area (Å²) in [5.74, 6) is -1.17. The molecule has 0 fully saturated rings. The van der Waals surface area contributed by atoms with Crippen LogP contribution in [-0.2, 0) is 14.0 Å². The van der Waals surface area contributed by atoms with Crippen LogP contribution < -0.4 is 5.32 Å². The highest BCUT2D eigenvalue weighted by Crippen LogP contribution is 2.41. The molecular weight excluding hydrogens is 374 g/mol. The van der Waals surface area contributed by atoms with Crippen LogP contribution in [-0.4, -0.2) is 37.1 Å². The van der Waals surface area contributed by atoms with Gasteiger partial charge in [-0.2, -0.15) is 0 Å². The van der Waals surface area contributed by atoms with Crippen LogP contribution in [0.5, 0.6) is 0 Å². The maximum Gasteiger partial charge on any atom is 0.408 e. The molecule has 0 bridgehead atoms. The van der Waals surface area contributed by atoms with Crippen LogP contribution in [0.25, 0.3) is 0 Å². The molecule has 0 aromatic heterocycles. The van der Waals surface area contributed by atoms with Crippen molar-refractivity contribution in [1.82, 2.24) is 5.32 Å². The van der Waals surface area contributed by atoms with Crippen LogP contribution in [0.2, 0.25) is 18.1 Å². The molecule has 0 radical (unpaired) electrons. The zero-order valence-electron chi connectivity index (χ0n) is 18.5. The van der Waals surface area contributed by atoms with Crippen molar-refractivity contribution in [3.63, 3.8) is 0 Å². The molecule has 1 amide bonds. The van der Waals surface area contributed by atoms with Gasteiger partial charge in [0.25, 0.3) is 0 Å². The molecule has 2 unspecified atom stereocenters. The third-order valence-electron chi connectivity index (χ3n) is 4.96. The number of benzene rings is 1. The van der Waals surface area contributed by atoms with Crippen LogP contribution in [0.1, 0.15) is 58.8 Å². The van der Waals surface area contributed by atoms with E-state index in [9.17, 15) is 14.7 Å². The van der Waals surface area contributed by atoms with E-state index < -0.39 is 38.1 Å². The van der Waals surface area contributed by atoms with E-state index in [2.05, 4.69) is 39.2 Å². The Bertz CT molecular complexity index is 703. The molecule has 0 saturated carbocycles. The molecule has 2 atom stereocenters. The number of nitrogens with one attached hydrogen (secondary N) is 1. The number of carboxylic acid groups (broad SMARTS) is 1. The lowest BCUT2D eigenvalue weighted by molar-refractivity contribution is -0.142. The molecule has 1 aromatic carbocycles. The molecule has 1 rings (SSSR count). The number of hydrogen-bond acceptors (Lipinski definition) is 4. The van der Waals surface area contributed by atoms with Gasteiger partial charge in [-0.3, -0.25) is 0 Å². The van der Waals surface area contributed by atoms with Crippen LogP contribution >= 0.6 is 0 Å². The molecule has 0 aliphatic carbocycles. The predicted molar refractivity (Wildman–Crippen MR) is 113 cm³/mol. The van der Waals surface area contributed by atoms with Crippen LogP contribution in [0.4, 0.5) is 4.79 Å². The van der Waals surface area contributed by atoms with Crippen LogP contribution in [0.15, 0.2) is 24.3 Å². The van der Waals surface area contributed by atoms with E-state index in [1.54, 1.807) is 20.8 Å². The van der Waals surface area contributed by atoms with Gasteiger partial charge in [-0.15, -0.1) is 0 Å². The predicted octanol–water partition coefficient (Wildman–Crippen LogP) is 5.04. The minimum Gasteiger partial charge on any atom is -0.480 e. The number of carbonyl (C=O) groups is 2. The van der Waals surface area contributed by atoms with E-state index in [0.717, 1.165) is 11.1 Å². The molecule has 1 aromatic rings. The van der Waals surface area contributed by atoms with Crippen molar-refractivity contribution in [2.75, 3.05) is 0 Å². The maximum atomic E-state index is 12.3. The summed E-state index contributed by atoms with van der Waals surface area (Å²) in [5, 5.41) is 12.3. The Morgan fingerprint density at radius 2 is 1.61 bits per heavy atom. The quantitative estimate of drug-likeness (QED) is 0.643. The lowest BCUT2D eigenvalue weighted by Crippen LogP contribution is -2.51. The van der Waals surface area contributed by atoms with E-state index >= 15 is 0 Å². The highest BCUT2D eigenvalue weighted by molar-refractivity contribution is 6.74. The molecule has 2 N–H and O–H groups in total. The smallest absolute Gasteiger partial charge is 0.408 e. The van der Waals surface area contributed by atoms with Crippen molar-refractivity contribution in [2.45, 2.75) is 84.3 Å². The first-order chi connectivity index (χ1) is 12.5. The van der Waals surface area contributed by atoms with Crippen molar-refractivity contribution in [1.29, 1.82) is 0 Å². The van der Waals surface area contributed by atoms with E-state index in [-0.39, 0.29) is 5.04 Å². The van der Waals surface area contributed by atoms with Crippen molar-refractivity contribution < 1.29 is 23.9 Å².